The van der Waals surface area contributed by atoms with Crippen molar-refractivity contribution >= 4 is 10.8 Å². The van der Waals surface area contributed by atoms with Crippen molar-refractivity contribution < 1.29 is 54.0 Å². The van der Waals surface area contributed by atoms with Crippen LogP contribution in [0.4, 0.5) is 0 Å². The molecule has 11 rings (SSSR count). The number of methoxy groups -OCH3 is 1. The molecule has 1 spiro atoms. The Morgan fingerprint density at radius 3 is 2.54 bits per heavy atom. The molecule has 4 aliphatic heterocycles. The van der Waals surface area contributed by atoms with Crippen LogP contribution in [0.5, 0.6) is 40.2 Å². The molecular weight excluding hydrogens is 877 g/mol. The minimum absolute atomic E-state index is 0.0402. The molecule has 0 unspecified atom stereocenters. The molecule has 6 aliphatic rings. The second-order valence-electron chi connectivity index (χ2n) is 19.9. The van der Waals surface area contributed by atoms with Crippen LogP contribution in [0.15, 0.2) is 78.9 Å². The molecule has 69 heavy (non-hydrogen) atoms. The largest absolute Gasteiger partial charge is 0.508 e. The van der Waals surface area contributed by atoms with Crippen molar-refractivity contribution in [1.82, 2.24) is 10.6 Å². The van der Waals surface area contributed by atoms with Gasteiger partial charge in [-0.3, -0.25) is 5.32 Å². The van der Waals surface area contributed by atoms with E-state index in [-0.39, 0.29) is 42.5 Å². The molecule has 9 atom stereocenters. The number of fused-ring (bicyclic) bond motifs is 5. The maximum absolute atomic E-state index is 13.2. The van der Waals surface area contributed by atoms with Crippen molar-refractivity contribution in [2.75, 3.05) is 40.1 Å². The fourth-order valence-electron chi connectivity index (χ4n) is 12.3. The van der Waals surface area contributed by atoms with Gasteiger partial charge in [0.1, 0.15) is 53.0 Å². The molecule has 13 nitrogen and oxygen atoms in total. The summed E-state index contributed by atoms with van der Waals surface area (Å²) < 4.78 is 40.8. The molecule has 0 radical (unpaired) electrons. The predicted molar refractivity (Wildman–Crippen MR) is 259 cm³/mol. The van der Waals surface area contributed by atoms with E-state index in [9.17, 15) is 25.5 Å². The van der Waals surface area contributed by atoms with Crippen molar-refractivity contribution in [3.8, 4) is 63.2 Å². The van der Waals surface area contributed by atoms with Crippen LogP contribution < -0.4 is 29.6 Å². The molecule has 5 aromatic rings. The Kier molecular flexibility index (Phi) is 12.7. The van der Waals surface area contributed by atoms with Crippen molar-refractivity contribution in [2.24, 2.45) is 17.8 Å². The highest BCUT2D eigenvalue weighted by Gasteiger charge is 2.55. The van der Waals surface area contributed by atoms with Gasteiger partial charge in [-0.05, 0) is 129 Å². The molecule has 13 heteroatoms. The third-order valence-corrected chi connectivity index (χ3v) is 15.6. The minimum Gasteiger partial charge on any atom is -0.508 e. The molecule has 2 saturated carbocycles. The lowest BCUT2D eigenvalue weighted by molar-refractivity contribution is -0.174. The maximum Gasteiger partial charge on any atom is 0.149 e. The molecular formula is C56H62N2O11. The molecule has 362 valence electrons. The average molecular weight is 939 g/mol. The summed E-state index contributed by atoms with van der Waals surface area (Å²) in [5, 5.41) is 65.5. The third-order valence-electron chi connectivity index (χ3n) is 15.6. The van der Waals surface area contributed by atoms with E-state index in [2.05, 4.69) is 22.5 Å². The van der Waals surface area contributed by atoms with E-state index in [4.69, 9.17) is 28.4 Å². The van der Waals surface area contributed by atoms with E-state index in [1.54, 1.807) is 49.6 Å². The fraction of sp³-hybridized carbons (Fsp3) is 0.464. The normalized spacial score (nSPS) is 28.5. The molecule has 7 N–H and O–H groups in total. The number of hydrogen-bond acceptors (Lipinski definition) is 13. The van der Waals surface area contributed by atoms with Crippen LogP contribution in [0.2, 0.25) is 0 Å². The van der Waals surface area contributed by atoms with Crippen molar-refractivity contribution in [3.05, 3.63) is 101 Å². The number of ether oxygens (including phenoxy) is 6. The van der Waals surface area contributed by atoms with Gasteiger partial charge < -0.3 is 59.3 Å². The van der Waals surface area contributed by atoms with Crippen LogP contribution in [0.25, 0.3) is 21.9 Å². The van der Waals surface area contributed by atoms with Gasteiger partial charge in [0.25, 0.3) is 0 Å². The number of nitrogens with one attached hydrogen (secondary N) is 2. The first kappa shape index (κ1) is 45.7. The first-order chi connectivity index (χ1) is 33.7. The van der Waals surface area contributed by atoms with Crippen molar-refractivity contribution in [2.45, 2.75) is 106 Å². The smallest absolute Gasteiger partial charge is 0.149 e. The number of phenols is 3. The summed E-state index contributed by atoms with van der Waals surface area (Å²) in [5.41, 5.74) is 4.03. The number of phenolic OH excluding ortho intramolecular Hbond substituents is 3. The topological polar surface area (TPSA) is 181 Å². The number of benzene rings is 5. The van der Waals surface area contributed by atoms with Crippen LogP contribution >= 0.6 is 0 Å². The van der Waals surface area contributed by atoms with Gasteiger partial charge in [-0.1, -0.05) is 30.0 Å². The van der Waals surface area contributed by atoms with Crippen molar-refractivity contribution in [1.29, 1.82) is 0 Å². The zero-order valence-corrected chi connectivity index (χ0v) is 39.0. The number of aromatic hydroxyl groups is 3. The van der Waals surface area contributed by atoms with Gasteiger partial charge in [0.15, 0.2) is 0 Å². The summed E-state index contributed by atoms with van der Waals surface area (Å²) in [5.74, 6) is 8.32. The van der Waals surface area contributed by atoms with E-state index in [1.807, 2.05) is 36.4 Å². The summed E-state index contributed by atoms with van der Waals surface area (Å²) in [6, 6.07) is 23.4. The zero-order valence-electron chi connectivity index (χ0n) is 39.0. The maximum atomic E-state index is 13.2. The summed E-state index contributed by atoms with van der Waals surface area (Å²) in [7, 11) is 1.69. The first-order valence-electron chi connectivity index (χ1n) is 24.8. The van der Waals surface area contributed by atoms with Gasteiger partial charge in [-0.15, -0.1) is 0 Å². The molecule has 5 aromatic carbocycles. The Hall–Kier alpha value is -5.72. The number of rotatable bonds is 10. The highest BCUT2D eigenvalue weighted by molar-refractivity contribution is 5.96. The quantitative estimate of drug-likeness (QED) is 0.0530. The summed E-state index contributed by atoms with van der Waals surface area (Å²) in [4.78, 5) is 0. The Balaban J connectivity index is 1.05. The predicted octanol–water partition coefficient (Wildman–Crippen LogP) is 7.95. The van der Waals surface area contributed by atoms with Gasteiger partial charge in [0.05, 0.1) is 48.6 Å². The van der Waals surface area contributed by atoms with Crippen molar-refractivity contribution in [3.63, 3.8) is 0 Å². The van der Waals surface area contributed by atoms with E-state index in [0.29, 0.717) is 92.3 Å². The van der Waals surface area contributed by atoms with Gasteiger partial charge in [-0.25, -0.2) is 0 Å². The molecule has 1 saturated heterocycles. The minimum atomic E-state index is -1.06. The Morgan fingerprint density at radius 1 is 0.841 bits per heavy atom. The molecule has 4 heterocycles. The zero-order chi connectivity index (χ0) is 47.2. The van der Waals surface area contributed by atoms with Crippen LogP contribution in [-0.2, 0) is 15.9 Å². The van der Waals surface area contributed by atoms with E-state index in [1.165, 1.54) is 0 Å². The van der Waals surface area contributed by atoms with Crippen LogP contribution in [-0.4, -0.2) is 95.6 Å². The van der Waals surface area contributed by atoms with Gasteiger partial charge >= 0.3 is 0 Å². The molecule has 3 fully saturated rings. The van der Waals surface area contributed by atoms with E-state index in [0.717, 1.165) is 58.9 Å². The standard InChI is InChI=1S/C56H62N2O11/c1-64-19-6-12-48-51(55-46-28-49(44-25-38(61)14-16-43(44)54(46)68-48)65-20-5-8-35-29-57-31-58-56(35)18-17-39(62)26-50(56)69-55)47-30-66-53-34(24-41(27-45(53)52(47)63)67-40-10-2-3-11-40)21-33-23-37(60)13-15-42(33)32-7-4-9-36(59)22-32/h4,7,9,13-16,22-25,27-28,35,39-40,47-48,50-52,55,57-63H,2-3,6,10-12,17-21,26,29-31H2,1H3/t35-,39+,47-,48-,50-,51-,52-,55+,56+/m1/s1. The van der Waals surface area contributed by atoms with Crippen LogP contribution in [0.3, 0.4) is 0 Å². The lowest BCUT2D eigenvalue weighted by atomic mass is 9.68. The van der Waals surface area contributed by atoms with E-state index >= 15 is 0 Å². The summed E-state index contributed by atoms with van der Waals surface area (Å²) in [6.07, 6.45) is 4.04. The molecule has 0 aromatic heterocycles. The SMILES string of the molecule is COCCC[C@H]1Oc2c3cc(c4cc(O)ccc24)OCC#C[C@@H]2CNCN[C@@]24CC[C@H](O)C[C@H]4O[C@@H]3[C@@H]1[C@H]1COc2c(Cc3cc(O)ccc3-c3cccc(O)c3)cc(OC3CCCC3)cc2[C@H]1O. The monoisotopic (exact) mass is 938 g/mol. The lowest BCUT2D eigenvalue weighted by Gasteiger charge is -2.54. The second kappa shape index (κ2) is 19.2. The molecule has 2 aliphatic carbocycles. The second-order valence-corrected chi connectivity index (χ2v) is 19.9. The fourth-order valence-corrected chi connectivity index (χ4v) is 12.3. The van der Waals surface area contributed by atoms with Crippen LogP contribution in [0, 0.1) is 29.6 Å². The average Bonchev–Trinajstić information content (AvgIpc) is 3.85. The number of aliphatic hydroxyl groups excluding tert-OH is 2. The van der Waals surface area contributed by atoms with Crippen LogP contribution in [0.1, 0.15) is 92.2 Å². The Bertz CT molecular complexity index is 2760. The number of hydrogen-bond donors (Lipinski definition) is 7. The van der Waals surface area contributed by atoms with Gasteiger partial charge in [-0.2, -0.15) is 0 Å². The first-order valence-corrected chi connectivity index (χ1v) is 24.8. The van der Waals surface area contributed by atoms with E-state index < -0.39 is 47.9 Å². The summed E-state index contributed by atoms with van der Waals surface area (Å²) in [6.45, 7) is 1.95. The summed E-state index contributed by atoms with van der Waals surface area (Å²) >= 11 is 0. The highest BCUT2D eigenvalue weighted by atomic mass is 16.5. The molecule has 2 bridgehead atoms. The Labute approximate surface area is 402 Å². The number of aliphatic hydroxyl groups is 2. The lowest BCUT2D eigenvalue weighted by Crippen LogP contribution is -2.69. The Morgan fingerprint density at radius 2 is 1.68 bits per heavy atom. The van der Waals surface area contributed by atoms with Gasteiger partial charge in [0, 0.05) is 79.1 Å². The van der Waals surface area contributed by atoms with Gasteiger partial charge in [0.2, 0.25) is 0 Å². The third kappa shape index (κ3) is 8.81. The highest BCUT2D eigenvalue weighted by Crippen LogP contribution is 2.56. The molecule has 0 amide bonds.